The molecule has 0 aromatic rings. The Bertz CT molecular complexity index is 161. The van der Waals surface area contributed by atoms with Crippen molar-refractivity contribution in [2.24, 2.45) is 5.73 Å². The Morgan fingerprint density at radius 2 is 2.07 bits per heavy atom. The SMILES string of the molecule is CCNC1(CN)CCCN(CC)CC1. The number of nitrogens with zero attached hydrogens (tertiary/aromatic N) is 1. The van der Waals surface area contributed by atoms with E-state index in [0.29, 0.717) is 0 Å². The third-order valence-corrected chi connectivity index (χ3v) is 3.43. The van der Waals surface area contributed by atoms with Crippen molar-refractivity contribution < 1.29 is 0 Å². The van der Waals surface area contributed by atoms with Gasteiger partial charge in [-0.1, -0.05) is 13.8 Å². The fraction of sp³-hybridized carbons (Fsp3) is 1.00. The van der Waals surface area contributed by atoms with Crippen LogP contribution in [0, 0.1) is 0 Å². The molecule has 0 aromatic heterocycles. The molecule has 1 aliphatic heterocycles. The second-order valence-corrected chi connectivity index (χ2v) is 4.30. The zero-order chi connectivity index (χ0) is 10.4. The van der Waals surface area contributed by atoms with Gasteiger partial charge in [-0.15, -0.1) is 0 Å². The van der Waals surface area contributed by atoms with Crippen LogP contribution in [-0.2, 0) is 0 Å². The minimum absolute atomic E-state index is 0.221. The van der Waals surface area contributed by atoms with Crippen LogP contribution in [-0.4, -0.2) is 43.2 Å². The van der Waals surface area contributed by atoms with Gasteiger partial charge in [0, 0.05) is 12.1 Å². The first-order chi connectivity index (χ1) is 6.76. The minimum atomic E-state index is 0.221. The van der Waals surface area contributed by atoms with Gasteiger partial charge in [0.15, 0.2) is 0 Å². The molecule has 1 aliphatic rings. The van der Waals surface area contributed by atoms with E-state index in [4.69, 9.17) is 5.73 Å². The van der Waals surface area contributed by atoms with Gasteiger partial charge in [-0.2, -0.15) is 0 Å². The largest absolute Gasteiger partial charge is 0.329 e. The van der Waals surface area contributed by atoms with E-state index in [0.717, 1.165) is 13.1 Å². The van der Waals surface area contributed by atoms with E-state index in [1.165, 1.54) is 38.9 Å². The quantitative estimate of drug-likeness (QED) is 0.703. The van der Waals surface area contributed by atoms with Crippen LogP contribution in [0.1, 0.15) is 33.1 Å². The first-order valence-electron chi connectivity index (χ1n) is 5.94. The Morgan fingerprint density at radius 3 is 2.64 bits per heavy atom. The van der Waals surface area contributed by atoms with Crippen LogP contribution in [0.5, 0.6) is 0 Å². The predicted molar refractivity (Wildman–Crippen MR) is 61.4 cm³/mol. The first-order valence-corrected chi connectivity index (χ1v) is 5.94. The highest BCUT2D eigenvalue weighted by atomic mass is 15.1. The molecule has 0 amide bonds. The smallest absolute Gasteiger partial charge is 0.0316 e. The van der Waals surface area contributed by atoms with Gasteiger partial charge in [-0.05, 0) is 45.4 Å². The molecule has 3 nitrogen and oxygen atoms in total. The predicted octanol–water partition coefficient (Wildman–Crippen LogP) is 0.799. The van der Waals surface area contributed by atoms with E-state index in [2.05, 4.69) is 24.1 Å². The molecular formula is C11H25N3. The summed E-state index contributed by atoms with van der Waals surface area (Å²) in [7, 11) is 0. The standard InChI is InChI=1S/C11H25N3/c1-3-13-11(10-12)6-5-8-14(4-2)9-7-11/h13H,3-10,12H2,1-2H3. The second kappa shape index (κ2) is 5.69. The summed E-state index contributed by atoms with van der Waals surface area (Å²) in [5.74, 6) is 0. The monoisotopic (exact) mass is 199 g/mol. The molecule has 0 aliphatic carbocycles. The Kier molecular flexibility index (Phi) is 4.85. The molecule has 0 bridgehead atoms. The highest BCUT2D eigenvalue weighted by molar-refractivity contribution is 4.91. The lowest BCUT2D eigenvalue weighted by Crippen LogP contribution is -2.51. The molecule has 84 valence electrons. The van der Waals surface area contributed by atoms with Gasteiger partial charge in [-0.25, -0.2) is 0 Å². The number of hydrogen-bond donors (Lipinski definition) is 2. The lowest BCUT2D eigenvalue weighted by molar-refractivity contribution is 0.269. The van der Waals surface area contributed by atoms with Crippen LogP contribution in [0.2, 0.25) is 0 Å². The molecule has 1 atom stereocenters. The van der Waals surface area contributed by atoms with E-state index in [1.54, 1.807) is 0 Å². The second-order valence-electron chi connectivity index (χ2n) is 4.30. The molecule has 0 spiro atoms. The summed E-state index contributed by atoms with van der Waals surface area (Å²) in [6.07, 6.45) is 3.71. The van der Waals surface area contributed by atoms with Crippen molar-refractivity contribution in [1.82, 2.24) is 10.2 Å². The molecule has 1 saturated heterocycles. The number of rotatable bonds is 4. The molecule has 1 heterocycles. The molecule has 0 aromatic carbocycles. The molecule has 1 rings (SSSR count). The zero-order valence-corrected chi connectivity index (χ0v) is 9.68. The van der Waals surface area contributed by atoms with E-state index in [1.807, 2.05) is 0 Å². The van der Waals surface area contributed by atoms with Crippen LogP contribution in [0.15, 0.2) is 0 Å². The maximum absolute atomic E-state index is 5.90. The van der Waals surface area contributed by atoms with E-state index in [9.17, 15) is 0 Å². The average molecular weight is 199 g/mol. The summed E-state index contributed by atoms with van der Waals surface area (Å²) >= 11 is 0. The fourth-order valence-corrected chi connectivity index (χ4v) is 2.39. The summed E-state index contributed by atoms with van der Waals surface area (Å²) in [5.41, 5.74) is 6.12. The molecular weight excluding hydrogens is 174 g/mol. The highest BCUT2D eigenvalue weighted by Gasteiger charge is 2.29. The van der Waals surface area contributed by atoms with Crippen molar-refractivity contribution in [3.63, 3.8) is 0 Å². The number of likely N-dealkylation sites (N-methyl/N-ethyl adjacent to an activating group) is 1. The zero-order valence-electron chi connectivity index (χ0n) is 9.68. The third-order valence-electron chi connectivity index (χ3n) is 3.43. The van der Waals surface area contributed by atoms with Gasteiger partial charge in [-0.3, -0.25) is 0 Å². The van der Waals surface area contributed by atoms with Crippen LogP contribution < -0.4 is 11.1 Å². The molecule has 1 unspecified atom stereocenters. The van der Waals surface area contributed by atoms with Crippen LogP contribution in [0.25, 0.3) is 0 Å². The summed E-state index contributed by atoms with van der Waals surface area (Å²) in [6, 6.07) is 0. The van der Waals surface area contributed by atoms with Crippen molar-refractivity contribution in [3.8, 4) is 0 Å². The average Bonchev–Trinajstić information content (AvgIpc) is 2.42. The van der Waals surface area contributed by atoms with Crippen molar-refractivity contribution in [2.75, 3.05) is 32.7 Å². The normalized spacial score (nSPS) is 30.2. The molecule has 0 saturated carbocycles. The lowest BCUT2D eigenvalue weighted by Gasteiger charge is -2.32. The number of nitrogens with one attached hydrogen (secondary N) is 1. The summed E-state index contributed by atoms with van der Waals surface area (Å²) in [5, 5.41) is 3.58. The van der Waals surface area contributed by atoms with Gasteiger partial charge in [0.05, 0.1) is 0 Å². The molecule has 1 fully saturated rings. The van der Waals surface area contributed by atoms with Gasteiger partial charge in [0.1, 0.15) is 0 Å². The summed E-state index contributed by atoms with van der Waals surface area (Å²) in [4.78, 5) is 2.52. The maximum Gasteiger partial charge on any atom is 0.0316 e. The minimum Gasteiger partial charge on any atom is -0.329 e. The van der Waals surface area contributed by atoms with Crippen LogP contribution in [0.3, 0.4) is 0 Å². The van der Waals surface area contributed by atoms with Crippen LogP contribution in [0.4, 0.5) is 0 Å². The van der Waals surface area contributed by atoms with Crippen molar-refractivity contribution in [1.29, 1.82) is 0 Å². The van der Waals surface area contributed by atoms with Gasteiger partial charge in [0.25, 0.3) is 0 Å². The van der Waals surface area contributed by atoms with Crippen molar-refractivity contribution in [3.05, 3.63) is 0 Å². The van der Waals surface area contributed by atoms with Gasteiger partial charge >= 0.3 is 0 Å². The number of nitrogens with two attached hydrogens (primary N) is 1. The topological polar surface area (TPSA) is 41.3 Å². The van der Waals surface area contributed by atoms with E-state index < -0.39 is 0 Å². The third kappa shape index (κ3) is 2.94. The molecule has 3 heteroatoms. The lowest BCUT2D eigenvalue weighted by atomic mass is 9.90. The Morgan fingerprint density at radius 1 is 1.29 bits per heavy atom. The van der Waals surface area contributed by atoms with Gasteiger partial charge < -0.3 is 16.0 Å². The van der Waals surface area contributed by atoms with E-state index >= 15 is 0 Å². The fourth-order valence-electron chi connectivity index (χ4n) is 2.39. The van der Waals surface area contributed by atoms with Crippen LogP contribution >= 0.6 is 0 Å². The van der Waals surface area contributed by atoms with Gasteiger partial charge in [0.2, 0.25) is 0 Å². The van der Waals surface area contributed by atoms with Crippen molar-refractivity contribution >= 4 is 0 Å². The first kappa shape index (κ1) is 12.0. The Labute approximate surface area is 88.0 Å². The number of likely N-dealkylation sites (tertiary alicyclic amines) is 1. The number of hydrogen-bond acceptors (Lipinski definition) is 3. The summed E-state index contributed by atoms with van der Waals surface area (Å²) in [6.45, 7) is 9.82. The molecule has 3 N–H and O–H groups in total. The molecule has 14 heavy (non-hydrogen) atoms. The highest BCUT2D eigenvalue weighted by Crippen LogP contribution is 2.21. The van der Waals surface area contributed by atoms with Crippen molar-refractivity contribution in [2.45, 2.75) is 38.6 Å². The molecule has 0 radical (unpaired) electrons. The Balaban J connectivity index is 2.52. The maximum atomic E-state index is 5.90. The summed E-state index contributed by atoms with van der Waals surface area (Å²) < 4.78 is 0. The Hall–Kier alpha value is -0.120. The van der Waals surface area contributed by atoms with E-state index in [-0.39, 0.29) is 5.54 Å².